The number of fused-ring (bicyclic) bond motifs is 1. The van der Waals surface area contributed by atoms with Gasteiger partial charge in [0.2, 0.25) is 0 Å². The predicted molar refractivity (Wildman–Crippen MR) is 73.6 cm³/mol. The van der Waals surface area contributed by atoms with E-state index in [4.69, 9.17) is 27.9 Å². The van der Waals surface area contributed by atoms with E-state index < -0.39 is 0 Å². The normalized spacial score (nSPS) is 19.8. The number of benzene rings is 1. The third kappa shape index (κ3) is 2.00. The van der Waals surface area contributed by atoms with Gasteiger partial charge < -0.3 is 9.30 Å². The van der Waals surface area contributed by atoms with Crippen molar-refractivity contribution in [1.82, 2.24) is 9.55 Å². The van der Waals surface area contributed by atoms with E-state index in [0.717, 1.165) is 47.9 Å². The van der Waals surface area contributed by atoms with Crippen LogP contribution < -0.4 is 0 Å². The molecule has 2 aromatic rings. The van der Waals surface area contributed by atoms with Crippen molar-refractivity contribution < 1.29 is 4.74 Å². The lowest BCUT2D eigenvalue weighted by atomic mass is 10.2. The maximum absolute atomic E-state index is 6.32. The minimum atomic E-state index is 0.327. The Kier molecular flexibility index (Phi) is 3.46. The van der Waals surface area contributed by atoms with Gasteiger partial charge in [-0.3, -0.25) is 0 Å². The molecule has 1 saturated heterocycles. The van der Waals surface area contributed by atoms with Crippen molar-refractivity contribution in [2.24, 2.45) is 0 Å². The number of aryl methyl sites for hydroxylation is 1. The summed E-state index contributed by atoms with van der Waals surface area (Å²) in [7, 11) is 0. The Morgan fingerprint density at radius 2 is 2.33 bits per heavy atom. The van der Waals surface area contributed by atoms with Gasteiger partial charge in [-0.2, -0.15) is 0 Å². The Balaban J connectivity index is 2.19. The van der Waals surface area contributed by atoms with Gasteiger partial charge in [-0.15, -0.1) is 11.6 Å². The van der Waals surface area contributed by atoms with E-state index in [1.165, 1.54) is 0 Å². The fraction of sp³-hybridized carbons (Fsp3) is 0.462. The van der Waals surface area contributed by atoms with Gasteiger partial charge in [-0.25, -0.2) is 4.98 Å². The number of alkyl halides is 1. The van der Waals surface area contributed by atoms with Gasteiger partial charge in [0, 0.05) is 18.9 Å². The molecule has 3 rings (SSSR count). The van der Waals surface area contributed by atoms with Crippen LogP contribution in [0.4, 0.5) is 0 Å². The molecule has 96 valence electrons. The first-order valence-electron chi connectivity index (χ1n) is 6.10. The molecule has 1 fully saturated rings. The fourth-order valence-electron chi connectivity index (χ4n) is 2.53. The van der Waals surface area contributed by atoms with Crippen molar-refractivity contribution in [3.05, 3.63) is 29.0 Å². The van der Waals surface area contributed by atoms with Crippen LogP contribution in [0.2, 0.25) is 5.02 Å². The number of rotatable bonds is 3. The zero-order valence-corrected chi connectivity index (χ0v) is 11.4. The number of ether oxygens (including phenoxy) is 1. The lowest BCUT2D eigenvalue weighted by Crippen LogP contribution is -2.13. The Morgan fingerprint density at radius 1 is 1.44 bits per heavy atom. The molecule has 1 atom stereocenters. The average molecular weight is 285 g/mol. The SMILES string of the molecule is ClCCc1nc2cccc(Cl)c2n1C1CCOC1. The summed E-state index contributed by atoms with van der Waals surface area (Å²) in [4.78, 5) is 4.65. The number of para-hydroxylation sites is 1. The molecule has 1 aliphatic heterocycles. The first-order chi connectivity index (χ1) is 8.81. The molecule has 0 radical (unpaired) electrons. The molecule has 5 heteroatoms. The fourth-order valence-corrected chi connectivity index (χ4v) is 2.96. The number of nitrogens with zero attached hydrogens (tertiary/aromatic N) is 2. The molecule has 0 aliphatic carbocycles. The van der Waals surface area contributed by atoms with Crippen LogP contribution in [0.1, 0.15) is 18.3 Å². The molecule has 3 nitrogen and oxygen atoms in total. The van der Waals surface area contributed by atoms with Crippen molar-refractivity contribution in [2.45, 2.75) is 18.9 Å². The second-order valence-electron chi connectivity index (χ2n) is 4.46. The lowest BCUT2D eigenvalue weighted by Gasteiger charge is -2.15. The van der Waals surface area contributed by atoms with Gasteiger partial charge >= 0.3 is 0 Å². The molecular weight excluding hydrogens is 271 g/mol. The summed E-state index contributed by atoms with van der Waals surface area (Å²) >= 11 is 12.2. The molecule has 1 aromatic carbocycles. The summed E-state index contributed by atoms with van der Waals surface area (Å²) in [6.45, 7) is 1.53. The van der Waals surface area contributed by atoms with Crippen LogP contribution in [-0.2, 0) is 11.2 Å². The molecule has 1 unspecified atom stereocenters. The first kappa shape index (κ1) is 12.3. The van der Waals surface area contributed by atoms with E-state index in [0.29, 0.717) is 11.9 Å². The molecule has 1 aromatic heterocycles. The van der Waals surface area contributed by atoms with E-state index in [1.54, 1.807) is 0 Å². The number of imidazole rings is 1. The third-order valence-corrected chi connectivity index (χ3v) is 3.82. The molecule has 1 aliphatic rings. The first-order valence-corrected chi connectivity index (χ1v) is 7.01. The van der Waals surface area contributed by atoms with E-state index in [-0.39, 0.29) is 0 Å². The van der Waals surface area contributed by atoms with Crippen LogP contribution in [0.25, 0.3) is 11.0 Å². The predicted octanol–water partition coefficient (Wildman–Crippen LogP) is 3.43. The van der Waals surface area contributed by atoms with E-state index in [9.17, 15) is 0 Å². The number of hydrogen-bond acceptors (Lipinski definition) is 2. The van der Waals surface area contributed by atoms with Crippen LogP contribution >= 0.6 is 23.2 Å². The van der Waals surface area contributed by atoms with Crippen molar-refractivity contribution in [2.75, 3.05) is 19.1 Å². The van der Waals surface area contributed by atoms with Crippen LogP contribution in [0.15, 0.2) is 18.2 Å². The molecular formula is C13H14Cl2N2O. The highest BCUT2D eigenvalue weighted by Crippen LogP contribution is 2.31. The Hall–Kier alpha value is -0.770. The van der Waals surface area contributed by atoms with Crippen LogP contribution in [0.5, 0.6) is 0 Å². The quantitative estimate of drug-likeness (QED) is 0.808. The summed E-state index contributed by atoms with van der Waals surface area (Å²) < 4.78 is 7.69. The molecule has 0 amide bonds. The summed E-state index contributed by atoms with van der Waals surface area (Å²) in [5.74, 6) is 1.57. The number of halogens is 2. The average Bonchev–Trinajstić information content (AvgIpc) is 2.96. The zero-order chi connectivity index (χ0) is 12.5. The van der Waals surface area contributed by atoms with Crippen molar-refractivity contribution in [3.63, 3.8) is 0 Å². The van der Waals surface area contributed by atoms with Crippen LogP contribution in [0.3, 0.4) is 0 Å². The largest absolute Gasteiger partial charge is 0.379 e. The van der Waals surface area contributed by atoms with E-state index in [1.807, 2.05) is 18.2 Å². The van der Waals surface area contributed by atoms with Crippen molar-refractivity contribution >= 4 is 34.2 Å². The standard InChI is InChI=1S/C13H14Cl2N2O/c14-6-4-12-16-11-3-1-2-10(15)13(11)17(12)9-5-7-18-8-9/h1-3,9H,4-8H2. The summed E-state index contributed by atoms with van der Waals surface area (Å²) in [6, 6.07) is 6.15. The topological polar surface area (TPSA) is 27.1 Å². The van der Waals surface area contributed by atoms with Gasteiger partial charge in [-0.05, 0) is 18.6 Å². The Morgan fingerprint density at radius 3 is 3.06 bits per heavy atom. The van der Waals surface area contributed by atoms with Gasteiger partial charge in [0.25, 0.3) is 0 Å². The van der Waals surface area contributed by atoms with Crippen molar-refractivity contribution in [3.8, 4) is 0 Å². The molecule has 0 spiro atoms. The lowest BCUT2D eigenvalue weighted by molar-refractivity contribution is 0.186. The summed E-state index contributed by atoms with van der Waals surface area (Å²) in [5.41, 5.74) is 1.95. The third-order valence-electron chi connectivity index (χ3n) is 3.32. The van der Waals surface area contributed by atoms with Crippen LogP contribution in [0, 0.1) is 0 Å². The highest BCUT2D eigenvalue weighted by Gasteiger charge is 2.23. The number of aromatic nitrogens is 2. The van der Waals surface area contributed by atoms with E-state index >= 15 is 0 Å². The minimum Gasteiger partial charge on any atom is -0.379 e. The minimum absolute atomic E-state index is 0.327. The molecule has 2 heterocycles. The summed E-state index contributed by atoms with van der Waals surface area (Å²) in [5, 5.41) is 0.743. The Labute approximate surface area is 116 Å². The maximum Gasteiger partial charge on any atom is 0.111 e. The van der Waals surface area contributed by atoms with Gasteiger partial charge in [0.15, 0.2) is 0 Å². The van der Waals surface area contributed by atoms with Gasteiger partial charge in [0.05, 0.1) is 28.7 Å². The number of hydrogen-bond donors (Lipinski definition) is 0. The molecule has 0 saturated carbocycles. The second-order valence-corrected chi connectivity index (χ2v) is 5.25. The van der Waals surface area contributed by atoms with Gasteiger partial charge in [-0.1, -0.05) is 17.7 Å². The van der Waals surface area contributed by atoms with Crippen molar-refractivity contribution in [1.29, 1.82) is 0 Å². The highest BCUT2D eigenvalue weighted by molar-refractivity contribution is 6.35. The van der Waals surface area contributed by atoms with Crippen LogP contribution in [-0.4, -0.2) is 28.6 Å². The Bertz CT molecular complexity index is 561. The molecule has 0 N–H and O–H groups in total. The molecule has 18 heavy (non-hydrogen) atoms. The molecule has 0 bridgehead atoms. The zero-order valence-electron chi connectivity index (χ0n) is 9.90. The van der Waals surface area contributed by atoms with Gasteiger partial charge in [0.1, 0.15) is 5.82 Å². The van der Waals surface area contributed by atoms with E-state index in [2.05, 4.69) is 9.55 Å². The monoisotopic (exact) mass is 284 g/mol. The second kappa shape index (κ2) is 5.08. The maximum atomic E-state index is 6.32. The summed E-state index contributed by atoms with van der Waals surface area (Å²) in [6.07, 6.45) is 1.76. The highest BCUT2D eigenvalue weighted by atomic mass is 35.5. The smallest absolute Gasteiger partial charge is 0.111 e.